The molecule has 0 saturated carbocycles. The van der Waals surface area contributed by atoms with Crippen molar-refractivity contribution in [2.75, 3.05) is 43.2 Å². The molecule has 6 rings (SSSR count). The van der Waals surface area contributed by atoms with Gasteiger partial charge in [0.25, 0.3) is 17.4 Å². The molecule has 2 aromatic carbocycles. The zero-order valence-electron chi connectivity index (χ0n) is 26.2. The summed E-state index contributed by atoms with van der Waals surface area (Å²) in [6, 6.07) is 10.2. The van der Waals surface area contributed by atoms with Crippen LogP contribution in [0.4, 0.5) is 11.4 Å². The number of carbonyl (C=O) groups excluding carboxylic acids is 2. The molecule has 1 aromatic heterocycles. The largest absolute Gasteiger partial charge is 0.482 e. The number of pyridine rings is 1. The Balaban J connectivity index is 1.39. The van der Waals surface area contributed by atoms with Gasteiger partial charge >= 0.3 is 0 Å². The highest BCUT2D eigenvalue weighted by molar-refractivity contribution is 6.00. The van der Waals surface area contributed by atoms with Gasteiger partial charge in [0.1, 0.15) is 5.75 Å². The lowest BCUT2D eigenvalue weighted by atomic mass is 9.88. The maximum atomic E-state index is 14.0. The highest BCUT2D eigenvalue weighted by Gasteiger charge is 2.27. The number of nitrogens with zero attached hydrogens (tertiary/aromatic N) is 2. The molecular weight excluding hydrogens is 556 g/mol. The van der Waals surface area contributed by atoms with E-state index in [2.05, 4.69) is 28.2 Å². The Morgan fingerprint density at radius 2 is 1.80 bits per heavy atom. The van der Waals surface area contributed by atoms with E-state index in [0.29, 0.717) is 41.8 Å². The number of ether oxygens (including phenoxy) is 2. The van der Waals surface area contributed by atoms with Crippen LogP contribution >= 0.6 is 0 Å². The Bertz CT molecular complexity index is 1660. The summed E-state index contributed by atoms with van der Waals surface area (Å²) < 4.78 is 11.3. The molecule has 2 N–H and O–H groups in total. The van der Waals surface area contributed by atoms with Gasteiger partial charge in [-0.1, -0.05) is 6.07 Å². The van der Waals surface area contributed by atoms with E-state index >= 15 is 0 Å². The van der Waals surface area contributed by atoms with Crippen molar-refractivity contribution in [3.63, 3.8) is 0 Å². The lowest BCUT2D eigenvalue weighted by Crippen LogP contribution is -2.40. The average Bonchev–Trinajstić information content (AvgIpc) is 3.04. The van der Waals surface area contributed by atoms with Gasteiger partial charge in [0, 0.05) is 61.9 Å². The molecule has 3 aromatic rings. The van der Waals surface area contributed by atoms with Gasteiger partial charge in [-0.2, -0.15) is 0 Å². The summed E-state index contributed by atoms with van der Waals surface area (Å²) in [5.74, 6) is 0.334. The zero-order valence-corrected chi connectivity index (χ0v) is 26.2. The standard InChI is InChI=1S/C35H42N4O5/c1-5-39(25-12-14-43-15-13-25)30-18-24(23-10-11-32-31(17-23)38(4)33(40)20-44-32)16-28(21(30)2)34(41)36-19-29-27-9-7-6-8-26(27)22(3)37-35(29)42/h10-11,16-18,25H,5-9,12-15,19-20H2,1-4H3,(H,36,41)(H,37,42). The molecule has 0 unspecified atom stereocenters. The SMILES string of the molecule is CCN(c1cc(-c2ccc3c(c2)N(C)C(=O)CO3)cc(C(=O)NCc2c3c(c(C)[nH]c2=O)CCCC3)c1C)C1CCOCC1. The van der Waals surface area contributed by atoms with Crippen molar-refractivity contribution in [2.24, 2.45) is 0 Å². The number of benzene rings is 2. The normalized spacial score (nSPS) is 16.6. The minimum absolute atomic E-state index is 0.0193. The van der Waals surface area contributed by atoms with Crippen LogP contribution in [-0.4, -0.2) is 56.3 Å². The van der Waals surface area contributed by atoms with Gasteiger partial charge < -0.3 is 29.6 Å². The van der Waals surface area contributed by atoms with Crippen LogP contribution in [-0.2, 0) is 28.9 Å². The van der Waals surface area contributed by atoms with E-state index in [1.54, 1.807) is 11.9 Å². The predicted octanol–water partition coefficient (Wildman–Crippen LogP) is 4.83. The van der Waals surface area contributed by atoms with Gasteiger partial charge in [-0.25, -0.2) is 0 Å². The summed E-state index contributed by atoms with van der Waals surface area (Å²) in [6.45, 7) is 8.52. The molecule has 1 fully saturated rings. The number of fused-ring (bicyclic) bond motifs is 2. The predicted molar refractivity (Wildman–Crippen MR) is 172 cm³/mol. The minimum Gasteiger partial charge on any atom is -0.482 e. The number of carbonyl (C=O) groups is 2. The number of aromatic amines is 1. The first kappa shape index (κ1) is 29.9. The van der Waals surface area contributed by atoms with Crippen molar-refractivity contribution < 1.29 is 19.1 Å². The van der Waals surface area contributed by atoms with Gasteiger partial charge in [-0.05, 0) is 111 Å². The topological polar surface area (TPSA) is 104 Å². The number of nitrogens with one attached hydrogen (secondary N) is 2. The van der Waals surface area contributed by atoms with Gasteiger partial charge in [-0.3, -0.25) is 14.4 Å². The second-order valence-electron chi connectivity index (χ2n) is 12.1. The van der Waals surface area contributed by atoms with Gasteiger partial charge in [0.05, 0.1) is 5.69 Å². The first-order chi connectivity index (χ1) is 21.3. The van der Waals surface area contributed by atoms with Crippen LogP contribution in [0.1, 0.15) is 70.9 Å². The molecule has 44 heavy (non-hydrogen) atoms. The summed E-state index contributed by atoms with van der Waals surface area (Å²) in [5, 5.41) is 3.10. The van der Waals surface area contributed by atoms with E-state index in [1.165, 1.54) is 5.56 Å². The van der Waals surface area contributed by atoms with Crippen LogP contribution < -0.4 is 25.4 Å². The molecule has 0 radical (unpaired) electrons. The van der Waals surface area contributed by atoms with E-state index < -0.39 is 0 Å². The van der Waals surface area contributed by atoms with E-state index in [0.717, 1.165) is 78.7 Å². The number of likely N-dealkylation sites (N-methyl/N-ethyl adjacent to an activating group) is 1. The molecular formula is C35H42N4O5. The third kappa shape index (κ3) is 5.61. The fourth-order valence-electron chi connectivity index (χ4n) is 7.03. The minimum atomic E-state index is -0.216. The lowest BCUT2D eigenvalue weighted by molar-refractivity contribution is -0.120. The zero-order chi connectivity index (χ0) is 31.0. The fourth-order valence-corrected chi connectivity index (χ4v) is 7.03. The molecule has 9 heteroatoms. The highest BCUT2D eigenvalue weighted by atomic mass is 16.5. The quantitative estimate of drug-likeness (QED) is 0.404. The van der Waals surface area contributed by atoms with Crippen LogP contribution in [0.15, 0.2) is 35.1 Å². The first-order valence-corrected chi connectivity index (χ1v) is 15.8. The highest BCUT2D eigenvalue weighted by Crippen LogP contribution is 2.38. The lowest BCUT2D eigenvalue weighted by Gasteiger charge is -2.37. The summed E-state index contributed by atoms with van der Waals surface area (Å²) in [5.41, 5.74) is 8.71. The Morgan fingerprint density at radius 3 is 2.55 bits per heavy atom. The van der Waals surface area contributed by atoms with Crippen molar-refractivity contribution in [1.82, 2.24) is 10.3 Å². The van der Waals surface area contributed by atoms with E-state index in [-0.39, 0.29) is 30.5 Å². The van der Waals surface area contributed by atoms with Crippen molar-refractivity contribution in [3.05, 3.63) is 74.2 Å². The van der Waals surface area contributed by atoms with Crippen LogP contribution in [0.3, 0.4) is 0 Å². The summed E-state index contributed by atoms with van der Waals surface area (Å²) in [6.07, 6.45) is 5.81. The van der Waals surface area contributed by atoms with Crippen LogP contribution in [0.2, 0.25) is 0 Å². The molecule has 9 nitrogen and oxygen atoms in total. The smallest absolute Gasteiger partial charge is 0.264 e. The first-order valence-electron chi connectivity index (χ1n) is 15.8. The molecule has 3 heterocycles. The van der Waals surface area contributed by atoms with E-state index in [9.17, 15) is 14.4 Å². The van der Waals surface area contributed by atoms with Crippen molar-refractivity contribution in [3.8, 4) is 16.9 Å². The number of rotatable bonds is 7. The van der Waals surface area contributed by atoms with Gasteiger partial charge in [0.15, 0.2) is 6.61 Å². The molecule has 0 atom stereocenters. The molecule has 1 saturated heterocycles. The molecule has 1 aliphatic carbocycles. The number of aryl methyl sites for hydroxylation is 1. The number of hydrogen-bond donors (Lipinski definition) is 2. The summed E-state index contributed by atoms with van der Waals surface area (Å²) in [4.78, 5) is 46.4. The number of anilines is 2. The van der Waals surface area contributed by atoms with Gasteiger partial charge in [0.2, 0.25) is 0 Å². The van der Waals surface area contributed by atoms with Crippen molar-refractivity contribution in [2.45, 2.75) is 71.9 Å². The molecule has 3 aliphatic rings. The molecule has 0 bridgehead atoms. The molecule has 232 valence electrons. The summed E-state index contributed by atoms with van der Waals surface area (Å²) in [7, 11) is 1.75. The maximum Gasteiger partial charge on any atom is 0.264 e. The van der Waals surface area contributed by atoms with Crippen LogP contribution in [0.25, 0.3) is 11.1 Å². The third-order valence-corrected chi connectivity index (χ3v) is 9.57. The number of H-pyrrole nitrogens is 1. The Labute approximate surface area is 258 Å². The second-order valence-corrected chi connectivity index (χ2v) is 12.1. The number of aromatic nitrogens is 1. The van der Waals surface area contributed by atoms with Gasteiger partial charge in [-0.15, -0.1) is 0 Å². The third-order valence-electron chi connectivity index (χ3n) is 9.57. The van der Waals surface area contributed by atoms with E-state index in [4.69, 9.17) is 9.47 Å². The fraction of sp³-hybridized carbons (Fsp3) is 0.457. The monoisotopic (exact) mass is 598 g/mol. The molecule has 2 amide bonds. The van der Waals surface area contributed by atoms with Crippen molar-refractivity contribution in [1.29, 1.82) is 0 Å². The molecule has 0 spiro atoms. The van der Waals surface area contributed by atoms with Crippen LogP contribution in [0, 0.1) is 13.8 Å². The van der Waals surface area contributed by atoms with Crippen LogP contribution in [0.5, 0.6) is 5.75 Å². The number of hydrogen-bond acceptors (Lipinski definition) is 6. The Morgan fingerprint density at radius 1 is 1.05 bits per heavy atom. The Hall–Kier alpha value is -4.11. The summed E-state index contributed by atoms with van der Waals surface area (Å²) >= 11 is 0. The van der Waals surface area contributed by atoms with Crippen molar-refractivity contribution >= 4 is 23.2 Å². The maximum absolute atomic E-state index is 14.0. The Kier molecular flexibility index (Phi) is 8.49. The average molecular weight is 599 g/mol. The number of amides is 2. The van der Waals surface area contributed by atoms with E-state index in [1.807, 2.05) is 38.1 Å². The molecule has 2 aliphatic heterocycles. The second kappa shape index (κ2) is 12.5.